The number of hydrogen-bond donors (Lipinski definition) is 1. The molecule has 1 aliphatic heterocycles. The van der Waals surface area contributed by atoms with Gasteiger partial charge in [0.1, 0.15) is 5.82 Å². The van der Waals surface area contributed by atoms with Crippen molar-refractivity contribution in [3.05, 3.63) is 30.1 Å². The Morgan fingerprint density at radius 3 is 3.06 bits per heavy atom. The average molecular weight is 216 g/mol. The number of rotatable bonds is 1. The molecular weight excluding hydrogens is 204 g/mol. The minimum Gasteiger partial charge on any atom is -0.481 e. The van der Waals surface area contributed by atoms with Gasteiger partial charge in [0.2, 0.25) is 0 Å². The summed E-state index contributed by atoms with van der Waals surface area (Å²) in [6.07, 6.45) is 1.45. The van der Waals surface area contributed by atoms with Crippen molar-refractivity contribution in [2.24, 2.45) is 5.92 Å². The molecule has 4 nitrogen and oxygen atoms in total. The largest absolute Gasteiger partial charge is 0.481 e. The number of carboxylic acid groups (broad SMARTS) is 1. The van der Waals surface area contributed by atoms with Crippen LogP contribution in [0.25, 0.3) is 11.0 Å². The summed E-state index contributed by atoms with van der Waals surface area (Å²) in [5.74, 6) is 0.0345. The smallest absolute Gasteiger partial charge is 0.308 e. The van der Waals surface area contributed by atoms with Crippen LogP contribution in [0.1, 0.15) is 12.2 Å². The Labute approximate surface area is 92.5 Å². The Kier molecular flexibility index (Phi) is 1.96. The van der Waals surface area contributed by atoms with Gasteiger partial charge < -0.3 is 9.67 Å². The molecule has 0 radical (unpaired) electrons. The summed E-state index contributed by atoms with van der Waals surface area (Å²) in [5, 5.41) is 9.04. The summed E-state index contributed by atoms with van der Waals surface area (Å²) >= 11 is 0. The van der Waals surface area contributed by atoms with Crippen LogP contribution in [0.4, 0.5) is 0 Å². The Morgan fingerprint density at radius 2 is 2.25 bits per heavy atom. The molecule has 3 rings (SSSR count). The fourth-order valence-corrected chi connectivity index (χ4v) is 2.34. The van der Waals surface area contributed by atoms with Crippen LogP contribution in [0.15, 0.2) is 24.3 Å². The van der Waals surface area contributed by atoms with Crippen LogP contribution in [0.3, 0.4) is 0 Å². The van der Waals surface area contributed by atoms with Crippen LogP contribution in [0, 0.1) is 5.92 Å². The summed E-state index contributed by atoms with van der Waals surface area (Å²) in [4.78, 5) is 15.5. The van der Waals surface area contributed by atoms with E-state index in [4.69, 9.17) is 5.11 Å². The third-order valence-electron chi connectivity index (χ3n) is 3.20. The number of carbonyl (C=O) groups is 1. The van der Waals surface area contributed by atoms with E-state index in [1.54, 1.807) is 0 Å². The zero-order chi connectivity index (χ0) is 11.1. The minimum absolute atomic E-state index is 0.273. The molecule has 16 heavy (non-hydrogen) atoms. The van der Waals surface area contributed by atoms with Gasteiger partial charge in [-0.15, -0.1) is 0 Å². The predicted octanol–water partition coefficient (Wildman–Crippen LogP) is 1.68. The number of aliphatic carboxylic acids is 1. The molecule has 2 aromatic rings. The molecule has 0 amide bonds. The Bertz CT molecular complexity index is 559. The fourth-order valence-electron chi connectivity index (χ4n) is 2.34. The van der Waals surface area contributed by atoms with Gasteiger partial charge in [-0.05, 0) is 18.6 Å². The molecule has 0 saturated heterocycles. The third kappa shape index (κ3) is 1.30. The molecule has 1 aromatic carbocycles. The normalized spacial score (nSPS) is 19.6. The monoisotopic (exact) mass is 216 g/mol. The van der Waals surface area contributed by atoms with Crippen molar-refractivity contribution in [1.82, 2.24) is 9.55 Å². The molecule has 0 aliphatic carbocycles. The molecule has 4 heteroatoms. The van der Waals surface area contributed by atoms with E-state index in [1.165, 1.54) is 0 Å². The van der Waals surface area contributed by atoms with E-state index in [1.807, 2.05) is 28.8 Å². The summed E-state index contributed by atoms with van der Waals surface area (Å²) < 4.78 is 2.04. The number of imidazole rings is 1. The third-order valence-corrected chi connectivity index (χ3v) is 3.20. The SMILES string of the molecule is O=C(O)C1CCc2nc3ccccc3n2C1. The lowest BCUT2D eigenvalue weighted by molar-refractivity contribution is -0.142. The first-order valence-corrected chi connectivity index (χ1v) is 5.42. The lowest BCUT2D eigenvalue weighted by atomic mass is 10.00. The van der Waals surface area contributed by atoms with Gasteiger partial charge in [-0.3, -0.25) is 4.79 Å². The summed E-state index contributed by atoms with van der Waals surface area (Å²) in [5.41, 5.74) is 2.01. The second-order valence-corrected chi connectivity index (χ2v) is 4.20. The van der Waals surface area contributed by atoms with Crippen LogP contribution in [0.5, 0.6) is 0 Å². The van der Waals surface area contributed by atoms with Gasteiger partial charge in [-0.1, -0.05) is 12.1 Å². The van der Waals surface area contributed by atoms with E-state index in [9.17, 15) is 4.79 Å². The maximum atomic E-state index is 11.0. The number of nitrogens with zero attached hydrogens (tertiary/aromatic N) is 2. The van der Waals surface area contributed by atoms with E-state index in [0.29, 0.717) is 13.0 Å². The topological polar surface area (TPSA) is 55.1 Å². The first kappa shape index (κ1) is 9.39. The first-order valence-electron chi connectivity index (χ1n) is 5.42. The minimum atomic E-state index is -0.705. The highest BCUT2D eigenvalue weighted by Gasteiger charge is 2.26. The van der Waals surface area contributed by atoms with Crippen LogP contribution < -0.4 is 0 Å². The van der Waals surface area contributed by atoms with E-state index in [-0.39, 0.29) is 5.92 Å². The number of aryl methyl sites for hydroxylation is 1. The number of para-hydroxylation sites is 2. The van der Waals surface area contributed by atoms with E-state index in [0.717, 1.165) is 23.3 Å². The van der Waals surface area contributed by atoms with Gasteiger partial charge in [0.25, 0.3) is 0 Å². The highest BCUT2D eigenvalue weighted by Crippen LogP contribution is 2.25. The summed E-state index contributed by atoms with van der Waals surface area (Å²) in [6, 6.07) is 7.88. The van der Waals surface area contributed by atoms with Gasteiger partial charge in [0.15, 0.2) is 0 Å². The zero-order valence-corrected chi connectivity index (χ0v) is 8.76. The van der Waals surface area contributed by atoms with Crippen LogP contribution in [-0.4, -0.2) is 20.6 Å². The molecule has 1 N–H and O–H groups in total. The molecule has 0 spiro atoms. The fraction of sp³-hybridized carbons (Fsp3) is 0.333. The zero-order valence-electron chi connectivity index (χ0n) is 8.76. The van der Waals surface area contributed by atoms with Crippen molar-refractivity contribution in [2.75, 3.05) is 0 Å². The molecule has 0 saturated carbocycles. The Morgan fingerprint density at radius 1 is 1.44 bits per heavy atom. The summed E-state index contributed by atoms with van der Waals surface area (Å²) in [6.45, 7) is 0.547. The highest BCUT2D eigenvalue weighted by molar-refractivity contribution is 5.77. The molecule has 0 fully saturated rings. The van der Waals surface area contributed by atoms with Gasteiger partial charge in [-0.2, -0.15) is 0 Å². The number of hydrogen-bond acceptors (Lipinski definition) is 2. The van der Waals surface area contributed by atoms with Crippen LogP contribution in [-0.2, 0) is 17.8 Å². The molecule has 0 bridgehead atoms. The first-order chi connectivity index (χ1) is 7.75. The Hall–Kier alpha value is -1.84. The number of fused-ring (bicyclic) bond motifs is 3. The van der Waals surface area contributed by atoms with Gasteiger partial charge in [0.05, 0.1) is 17.0 Å². The standard InChI is InChI=1S/C12H12N2O2/c15-12(16)8-5-6-11-13-9-3-1-2-4-10(9)14(11)7-8/h1-4,8H,5-7H2,(H,15,16). The maximum absolute atomic E-state index is 11.0. The van der Waals surface area contributed by atoms with Crippen molar-refractivity contribution in [3.63, 3.8) is 0 Å². The highest BCUT2D eigenvalue weighted by atomic mass is 16.4. The van der Waals surface area contributed by atoms with Crippen molar-refractivity contribution < 1.29 is 9.90 Å². The Balaban J connectivity index is 2.11. The van der Waals surface area contributed by atoms with Crippen molar-refractivity contribution in [2.45, 2.75) is 19.4 Å². The maximum Gasteiger partial charge on any atom is 0.308 e. The van der Waals surface area contributed by atoms with Gasteiger partial charge >= 0.3 is 5.97 Å². The molecule has 1 aliphatic rings. The molecule has 1 atom stereocenters. The number of carboxylic acids is 1. The molecule has 1 aromatic heterocycles. The van der Waals surface area contributed by atoms with Crippen LogP contribution >= 0.6 is 0 Å². The quantitative estimate of drug-likeness (QED) is 0.789. The predicted molar refractivity (Wildman–Crippen MR) is 59.2 cm³/mol. The molecule has 2 heterocycles. The van der Waals surface area contributed by atoms with Crippen molar-refractivity contribution in [3.8, 4) is 0 Å². The van der Waals surface area contributed by atoms with E-state index >= 15 is 0 Å². The second-order valence-electron chi connectivity index (χ2n) is 4.20. The van der Waals surface area contributed by atoms with Gasteiger partial charge in [0, 0.05) is 13.0 Å². The number of aromatic nitrogens is 2. The molecule has 1 unspecified atom stereocenters. The van der Waals surface area contributed by atoms with Crippen molar-refractivity contribution >= 4 is 17.0 Å². The summed E-state index contributed by atoms with van der Waals surface area (Å²) in [7, 11) is 0. The lowest BCUT2D eigenvalue weighted by Crippen LogP contribution is -2.26. The van der Waals surface area contributed by atoms with Gasteiger partial charge in [-0.25, -0.2) is 4.98 Å². The van der Waals surface area contributed by atoms with Crippen LogP contribution in [0.2, 0.25) is 0 Å². The molecule has 82 valence electrons. The molecular formula is C12H12N2O2. The second kappa shape index (κ2) is 3.33. The van der Waals surface area contributed by atoms with Crippen molar-refractivity contribution in [1.29, 1.82) is 0 Å². The average Bonchev–Trinajstić information content (AvgIpc) is 2.66. The van der Waals surface area contributed by atoms with E-state index in [2.05, 4.69) is 4.98 Å². The number of benzene rings is 1. The lowest BCUT2D eigenvalue weighted by Gasteiger charge is -2.20. The van der Waals surface area contributed by atoms with E-state index < -0.39 is 5.97 Å².